The summed E-state index contributed by atoms with van der Waals surface area (Å²) >= 11 is 3.21. The molecule has 22 heavy (non-hydrogen) atoms. The molecule has 2 N–H and O–H groups in total. The highest BCUT2D eigenvalue weighted by Crippen LogP contribution is 2.23. The van der Waals surface area contributed by atoms with Gasteiger partial charge < -0.3 is 15.4 Å². The van der Waals surface area contributed by atoms with E-state index in [-0.39, 0.29) is 5.69 Å². The summed E-state index contributed by atoms with van der Waals surface area (Å²) in [6, 6.07) is 4.91. The van der Waals surface area contributed by atoms with Crippen LogP contribution in [0.3, 0.4) is 0 Å². The fraction of sp³-hybridized carbons (Fsp3) is 0.500. The smallest absolute Gasteiger partial charge is 0.407 e. The number of nitro groups is 1. The second-order valence-corrected chi connectivity index (χ2v) is 6.55. The summed E-state index contributed by atoms with van der Waals surface area (Å²) in [6.07, 6.45) is -0.482. The number of alkyl carbamates (subject to hydrolysis) is 1. The highest BCUT2D eigenvalue weighted by molar-refractivity contribution is 9.10. The van der Waals surface area contributed by atoms with Gasteiger partial charge in [0, 0.05) is 35.7 Å². The molecule has 1 aromatic rings. The van der Waals surface area contributed by atoms with Gasteiger partial charge in [0.2, 0.25) is 0 Å². The minimum atomic E-state index is -0.532. The quantitative estimate of drug-likeness (QED) is 0.454. The normalized spacial score (nSPS) is 11.1. The zero-order chi connectivity index (χ0) is 16.8. The first-order chi connectivity index (χ1) is 10.2. The van der Waals surface area contributed by atoms with Crippen molar-refractivity contribution in [3.8, 4) is 0 Å². The first-order valence-corrected chi connectivity index (χ1v) is 7.59. The number of nitro benzene ring substituents is 1. The van der Waals surface area contributed by atoms with Gasteiger partial charge in [-0.25, -0.2) is 4.79 Å². The summed E-state index contributed by atoms with van der Waals surface area (Å²) in [7, 11) is 0. The highest BCUT2D eigenvalue weighted by atomic mass is 79.9. The molecule has 1 amide bonds. The number of nitrogens with one attached hydrogen (secondary N) is 2. The van der Waals surface area contributed by atoms with Crippen LogP contribution < -0.4 is 10.6 Å². The van der Waals surface area contributed by atoms with E-state index in [1.165, 1.54) is 6.07 Å². The Hall–Kier alpha value is -1.67. The summed E-state index contributed by atoms with van der Waals surface area (Å²) in [5.41, 5.74) is 0.114. The topological polar surface area (TPSA) is 93.5 Å². The van der Waals surface area contributed by atoms with E-state index in [2.05, 4.69) is 26.6 Å². The van der Waals surface area contributed by atoms with Crippen LogP contribution in [0.5, 0.6) is 0 Å². The molecule has 0 unspecified atom stereocenters. The third-order valence-corrected chi connectivity index (χ3v) is 3.02. The molecule has 0 aliphatic rings. The molecule has 0 fully saturated rings. The van der Waals surface area contributed by atoms with Crippen molar-refractivity contribution in [3.63, 3.8) is 0 Å². The zero-order valence-electron chi connectivity index (χ0n) is 12.8. The maximum absolute atomic E-state index is 11.4. The molecule has 0 saturated heterocycles. The van der Waals surface area contributed by atoms with Crippen molar-refractivity contribution in [1.29, 1.82) is 0 Å². The Morgan fingerprint density at radius 3 is 2.64 bits per heavy atom. The van der Waals surface area contributed by atoms with E-state index in [1.54, 1.807) is 32.9 Å². The molecule has 1 rings (SSSR count). The molecule has 0 radical (unpaired) electrons. The van der Waals surface area contributed by atoms with Gasteiger partial charge in [-0.3, -0.25) is 10.1 Å². The summed E-state index contributed by atoms with van der Waals surface area (Å²) < 4.78 is 5.76. The lowest BCUT2D eigenvalue weighted by Crippen LogP contribution is -2.36. The van der Waals surface area contributed by atoms with Crippen LogP contribution in [0.2, 0.25) is 0 Å². The van der Waals surface area contributed by atoms with Gasteiger partial charge in [-0.1, -0.05) is 15.9 Å². The Morgan fingerprint density at radius 1 is 1.36 bits per heavy atom. The largest absolute Gasteiger partial charge is 0.444 e. The number of benzene rings is 1. The van der Waals surface area contributed by atoms with E-state index >= 15 is 0 Å². The number of hydrogen-bond donors (Lipinski definition) is 2. The van der Waals surface area contributed by atoms with Crippen molar-refractivity contribution in [3.05, 3.63) is 38.3 Å². The number of amides is 1. The number of carbonyl (C=O) groups excluding carboxylic acids is 1. The molecule has 0 saturated carbocycles. The number of hydrogen-bond acceptors (Lipinski definition) is 5. The maximum Gasteiger partial charge on any atom is 0.407 e. The highest BCUT2D eigenvalue weighted by Gasteiger charge is 2.16. The maximum atomic E-state index is 11.4. The van der Waals surface area contributed by atoms with Crippen LogP contribution in [0.25, 0.3) is 0 Å². The molecular formula is C14H20BrN3O4. The number of halogens is 1. The molecule has 0 aliphatic carbocycles. The van der Waals surface area contributed by atoms with E-state index in [0.29, 0.717) is 29.7 Å². The molecule has 0 bridgehead atoms. The minimum Gasteiger partial charge on any atom is -0.444 e. The van der Waals surface area contributed by atoms with Crippen molar-refractivity contribution < 1.29 is 14.5 Å². The minimum absolute atomic E-state index is 0.0574. The molecule has 0 atom stereocenters. The van der Waals surface area contributed by atoms with Crippen LogP contribution in [0.1, 0.15) is 26.3 Å². The third-order valence-electron chi connectivity index (χ3n) is 2.53. The second-order valence-electron chi connectivity index (χ2n) is 5.64. The Labute approximate surface area is 137 Å². The van der Waals surface area contributed by atoms with E-state index < -0.39 is 16.6 Å². The fourth-order valence-electron chi connectivity index (χ4n) is 1.65. The van der Waals surface area contributed by atoms with Gasteiger partial charge in [0.25, 0.3) is 5.69 Å². The lowest BCUT2D eigenvalue weighted by molar-refractivity contribution is -0.385. The van der Waals surface area contributed by atoms with Gasteiger partial charge in [0.15, 0.2) is 0 Å². The number of ether oxygens (including phenoxy) is 1. The molecule has 0 aliphatic heterocycles. The van der Waals surface area contributed by atoms with Crippen LogP contribution >= 0.6 is 15.9 Å². The van der Waals surface area contributed by atoms with Crippen LogP contribution in [0.4, 0.5) is 10.5 Å². The Morgan fingerprint density at radius 2 is 2.05 bits per heavy atom. The van der Waals surface area contributed by atoms with Gasteiger partial charge in [0.05, 0.1) is 4.92 Å². The Kier molecular flexibility index (Phi) is 6.76. The van der Waals surface area contributed by atoms with Gasteiger partial charge >= 0.3 is 6.09 Å². The monoisotopic (exact) mass is 373 g/mol. The van der Waals surface area contributed by atoms with Gasteiger partial charge in [-0.05, 0) is 32.9 Å². The van der Waals surface area contributed by atoms with Crippen molar-refractivity contribution in [2.45, 2.75) is 32.9 Å². The van der Waals surface area contributed by atoms with E-state index in [1.807, 2.05) is 0 Å². The average Bonchev–Trinajstić information content (AvgIpc) is 2.37. The zero-order valence-corrected chi connectivity index (χ0v) is 14.4. The standard InChI is InChI=1S/C14H20BrN3O4/c1-14(2,3)22-13(19)17-7-6-16-9-10-4-5-11(15)8-12(10)18(20)21/h4-5,8,16H,6-7,9H2,1-3H3,(H,17,19). The average molecular weight is 374 g/mol. The lowest BCUT2D eigenvalue weighted by atomic mass is 10.2. The number of carbonyl (C=O) groups is 1. The van der Waals surface area contributed by atoms with Crippen molar-refractivity contribution >= 4 is 27.7 Å². The first kappa shape index (κ1) is 18.4. The molecule has 0 aromatic heterocycles. The van der Waals surface area contributed by atoms with Crippen molar-refractivity contribution in [2.24, 2.45) is 0 Å². The number of rotatable bonds is 6. The summed E-state index contributed by atoms with van der Waals surface area (Å²) in [5, 5.41) is 16.6. The molecule has 7 nitrogen and oxygen atoms in total. The third kappa shape index (κ3) is 6.86. The first-order valence-electron chi connectivity index (χ1n) is 6.79. The fourth-order valence-corrected chi connectivity index (χ4v) is 2.00. The van der Waals surface area contributed by atoms with Gasteiger partial charge in [-0.15, -0.1) is 0 Å². The second kappa shape index (κ2) is 8.09. The van der Waals surface area contributed by atoms with Crippen LogP contribution in [-0.2, 0) is 11.3 Å². The lowest BCUT2D eigenvalue weighted by Gasteiger charge is -2.19. The predicted molar refractivity (Wildman–Crippen MR) is 86.7 cm³/mol. The van der Waals surface area contributed by atoms with Crippen molar-refractivity contribution in [2.75, 3.05) is 13.1 Å². The molecule has 1 aromatic carbocycles. The summed E-state index contributed by atoms with van der Waals surface area (Å²) in [6.45, 7) is 6.57. The van der Waals surface area contributed by atoms with Gasteiger partial charge in [0.1, 0.15) is 5.60 Å². The van der Waals surface area contributed by atoms with E-state index in [4.69, 9.17) is 4.74 Å². The predicted octanol–water partition coefficient (Wildman–Crippen LogP) is 2.97. The molecular weight excluding hydrogens is 354 g/mol. The summed E-state index contributed by atoms with van der Waals surface area (Å²) in [4.78, 5) is 22.0. The van der Waals surface area contributed by atoms with Crippen LogP contribution in [0.15, 0.2) is 22.7 Å². The molecule has 8 heteroatoms. The SMILES string of the molecule is CC(C)(C)OC(=O)NCCNCc1ccc(Br)cc1[N+](=O)[O-]. The van der Waals surface area contributed by atoms with E-state index in [0.717, 1.165) is 0 Å². The number of nitrogens with zero attached hydrogens (tertiary/aromatic N) is 1. The van der Waals surface area contributed by atoms with Gasteiger partial charge in [-0.2, -0.15) is 0 Å². The van der Waals surface area contributed by atoms with E-state index in [9.17, 15) is 14.9 Å². The summed E-state index contributed by atoms with van der Waals surface area (Å²) in [5.74, 6) is 0. The Bertz CT molecular complexity index is 543. The molecule has 0 spiro atoms. The molecule has 122 valence electrons. The van der Waals surface area contributed by atoms with Crippen LogP contribution in [0, 0.1) is 10.1 Å². The Balaban J connectivity index is 2.37. The van der Waals surface area contributed by atoms with Crippen LogP contribution in [-0.4, -0.2) is 29.7 Å². The van der Waals surface area contributed by atoms with Crippen molar-refractivity contribution in [1.82, 2.24) is 10.6 Å². The molecule has 0 heterocycles.